The molecule has 0 amide bonds. The number of fused-ring (bicyclic) bond motifs is 12. The highest BCUT2D eigenvalue weighted by atomic mass is 16.3. The number of allylic oxidation sites excluding steroid dienone is 6. The normalized spacial score (nSPS) is 16.7. The van der Waals surface area contributed by atoms with Crippen LogP contribution < -0.4 is 0 Å². The van der Waals surface area contributed by atoms with Crippen LogP contribution in [-0.2, 0) is 5.41 Å². The molecule has 0 spiro atoms. The second-order valence-corrected chi connectivity index (χ2v) is 19.7. The van der Waals surface area contributed by atoms with E-state index in [0.29, 0.717) is 0 Å². The van der Waals surface area contributed by atoms with Gasteiger partial charge in [0.15, 0.2) is 0 Å². The maximum atomic E-state index is 10.7. The van der Waals surface area contributed by atoms with Crippen molar-refractivity contribution in [3.05, 3.63) is 246 Å². The van der Waals surface area contributed by atoms with Crippen LogP contribution in [0.5, 0.6) is 0 Å². The second kappa shape index (κ2) is 17.4. The minimum atomic E-state index is -0.360. The summed E-state index contributed by atoms with van der Waals surface area (Å²) >= 11 is 0. The fraction of sp³-hybridized carbons (Fsp3) is 0.167. The summed E-state index contributed by atoms with van der Waals surface area (Å²) in [5.41, 5.74) is 15.7. The van der Waals surface area contributed by atoms with Crippen LogP contribution in [0.3, 0.4) is 0 Å². The van der Waals surface area contributed by atoms with E-state index in [2.05, 4.69) is 193 Å². The molecule has 1 aromatic heterocycles. The number of nitrogens with zero attached hydrogens (tertiary/aromatic N) is 1. The highest BCUT2D eigenvalue weighted by Gasteiger charge is 2.39. The molecule has 0 fully saturated rings. The first-order chi connectivity index (χ1) is 33.5. The van der Waals surface area contributed by atoms with E-state index >= 15 is 0 Å². The molecule has 0 saturated heterocycles. The highest BCUT2D eigenvalue weighted by molar-refractivity contribution is 6.25. The minimum absolute atomic E-state index is 0.0299. The summed E-state index contributed by atoms with van der Waals surface area (Å²) in [7, 11) is 0. The quantitative estimate of drug-likeness (QED) is 0.0754. The number of dihydropyridines is 1. The van der Waals surface area contributed by atoms with Gasteiger partial charge in [-0.2, -0.15) is 0 Å². The van der Waals surface area contributed by atoms with Crippen molar-refractivity contribution in [1.29, 1.82) is 0 Å². The van der Waals surface area contributed by atoms with E-state index in [1.54, 1.807) is 6.08 Å². The number of aliphatic imine (C=N–C) groups is 1. The minimum Gasteiger partial charge on any atom is -0.509 e. The Labute approximate surface area is 405 Å². The van der Waals surface area contributed by atoms with Gasteiger partial charge in [-0.3, -0.25) is 4.99 Å². The van der Waals surface area contributed by atoms with Crippen molar-refractivity contribution in [2.45, 2.75) is 58.4 Å². The van der Waals surface area contributed by atoms with E-state index in [0.717, 1.165) is 74.8 Å². The summed E-state index contributed by atoms with van der Waals surface area (Å²) in [5.74, 6) is 0.0846. The Bertz CT molecular complexity index is 3700. The van der Waals surface area contributed by atoms with Crippen LogP contribution in [0.4, 0.5) is 0 Å². The van der Waals surface area contributed by atoms with Gasteiger partial charge in [-0.15, -0.1) is 0 Å². The third-order valence-electron chi connectivity index (χ3n) is 15.3. The molecule has 0 radical (unpaired) electrons. The first-order valence-corrected chi connectivity index (χ1v) is 24.4. The molecular weight excluding hydrogens is 839 g/mol. The molecule has 9 aromatic rings. The zero-order valence-electron chi connectivity index (χ0n) is 40.0. The number of furan rings is 1. The number of aliphatic hydroxyl groups excluding tert-OH is 1. The number of rotatable bonds is 12. The molecule has 0 bridgehead atoms. The van der Waals surface area contributed by atoms with Crippen LogP contribution in [0.15, 0.2) is 228 Å². The predicted octanol–water partition coefficient (Wildman–Crippen LogP) is 18.1. The lowest BCUT2D eigenvalue weighted by Crippen LogP contribution is -2.25. The molecule has 8 aromatic carbocycles. The van der Waals surface area contributed by atoms with E-state index in [9.17, 15) is 5.11 Å². The Morgan fingerprint density at radius 2 is 1.33 bits per heavy atom. The second-order valence-electron chi connectivity index (χ2n) is 19.7. The van der Waals surface area contributed by atoms with Gasteiger partial charge in [-0.1, -0.05) is 192 Å². The zero-order valence-corrected chi connectivity index (χ0v) is 40.0. The average molecular weight is 896 g/mol. The SMILES string of the molecule is C=C/C=C(\CCCC(C)C(C=CC(=C)O)C1=C(C)C(c2cccc3c2-c2ccccc2C3(C)C)=NC(c2ccc3c4ccccc4c4ccccc4c3c2)C1=C)c1cccc2oc3ccccc3c12. The van der Waals surface area contributed by atoms with Gasteiger partial charge < -0.3 is 9.52 Å². The fourth-order valence-corrected chi connectivity index (χ4v) is 11.9. The summed E-state index contributed by atoms with van der Waals surface area (Å²) < 4.78 is 6.31. The van der Waals surface area contributed by atoms with Crippen molar-refractivity contribution in [3.63, 3.8) is 0 Å². The topological polar surface area (TPSA) is 45.7 Å². The van der Waals surface area contributed by atoms with Crippen molar-refractivity contribution < 1.29 is 9.52 Å². The number of aliphatic hydroxyl groups is 1. The van der Waals surface area contributed by atoms with Crippen LogP contribution in [0.2, 0.25) is 0 Å². The maximum Gasteiger partial charge on any atom is 0.136 e. The first-order valence-electron chi connectivity index (χ1n) is 24.4. The van der Waals surface area contributed by atoms with Crippen molar-refractivity contribution in [3.8, 4) is 11.1 Å². The number of hydrogen-bond acceptors (Lipinski definition) is 3. The molecule has 338 valence electrons. The van der Waals surface area contributed by atoms with Crippen LogP contribution in [0.1, 0.15) is 80.8 Å². The van der Waals surface area contributed by atoms with Gasteiger partial charge in [-0.05, 0) is 144 Å². The van der Waals surface area contributed by atoms with Crippen LogP contribution in [0, 0.1) is 11.8 Å². The smallest absolute Gasteiger partial charge is 0.136 e. The molecule has 3 nitrogen and oxygen atoms in total. The molecule has 1 N–H and O–H groups in total. The van der Waals surface area contributed by atoms with Crippen molar-refractivity contribution in [2.24, 2.45) is 16.8 Å². The van der Waals surface area contributed by atoms with Crippen molar-refractivity contribution in [1.82, 2.24) is 0 Å². The van der Waals surface area contributed by atoms with E-state index < -0.39 is 0 Å². The molecule has 1 aliphatic heterocycles. The van der Waals surface area contributed by atoms with Crippen molar-refractivity contribution >= 4 is 65.5 Å². The van der Waals surface area contributed by atoms with Gasteiger partial charge in [0.1, 0.15) is 23.0 Å². The summed E-state index contributed by atoms with van der Waals surface area (Å²) in [5, 5.41) is 20.4. The Kier molecular flexibility index (Phi) is 11.0. The van der Waals surface area contributed by atoms with E-state index in [-0.39, 0.29) is 29.1 Å². The highest BCUT2D eigenvalue weighted by Crippen LogP contribution is 2.52. The number of benzene rings is 8. The zero-order chi connectivity index (χ0) is 47.6. The van der Waals surface area contributed by atoms with Gasteiger partial charge >= 0.3 is 0 Å². The van der Waals surface area contributed by atoms with E-state index in [4.69, 9.17) is 16.0 Å². The molecule has 1 aliphatic carbocycles. The summed E-state index contributed by atoms with van der Waals surface area (Å²) in [6.45, 7) is 22.3. The monoisotopic (exact) mass is 895 g/mol. The molecule has 0 saturated carbocycles. The Morgan fingerprint density at radius 3 is 2.06 bits per heavy atom. The maximum absolute atomic E-state index is 10.7. The summed E-state index contributed by atoms with van der Waals surface area (Å²) in [6, 6.07) is 54.3. The van der Waals surface area contributed by atoms with Gasteiger partial charge in [0.2, 0.25) is 0 Å². The number of hydrogen-bond donors (Lipinski definition) is 1. The summed E-state index contributed by atoms with van der Waals surface area (Å²) in [6.07, 6.45) is 10.7. The largest absolute Gasteiger partial charge is 0.509 e. The van der Waals surface area contributed by atoms with Crippen molar-refractivity contribution in [2.75, 3.05) is 0 Å². The standard InChI is InChI=1S/C66H57NO2/c1-8-20-44(47-29-19-34-60-63(47)54-28-14-16-33-59(54)69-60)22-17-21-40(2)46(37-35-41(3)68)61-42(4)64(45-36-38-52-50-25-10-9-23-48(50)49-24-11-12-26-51(49)56(52)39-45)67-65(43(61)5)55-30-18-32-58-62(55)53-27-13-15-31-57(53)66(58,6)7/h8-16,18-20,23-40,46,64,68H,1,3-4,17,21-22H2,2,5-7H3/b37-35?,44-20+. The third-order valence-corrected chi connectivity index (χ3v) is 15.3. The van der Waals surface area contributed by atoms with Gasteiger partial charge in [0.05, 0.1) is 5.71 Å². The summed E-state index contributed by atoms with van der Waals surface area (Å²) in [4.78, 5) is 5.84. The predicted molar refractivity (Wildman–Crippen MR) is 293 cm³/mol. The third kappa shape index (κ3) is 7.31. The Balaban J connectivity index is 1.04. The van der Waals surface area contributed by atoms with Gasteiger partial charge in [0, 0.05) is 27.7 Å². The molecule has 2 heterocycles. The van der Waals surface area contributed by atoms with Crippen LogP contribution in [0.25, 0.3) is 71.0 Å². The lowest BCUT2D eigenvalue weighted by Gasteiger charge is -2.35. The number of para-hydroxylation sites is 1. The van der Waals surface area contributed by atoms with E-state index in [1.807, 2.05) is 18.2 Å². The Hall–Kier alpha value is -7.75. The lowest BCUT2D eigenvalue weighted by atomic mass is 9.73. The van der Waals surface area contributed by atoms with Gasteiger partial charge in [-0.25, -0.2) is 0 Å². The van der Waals surface area contributed by atoms with Gasteiger partial charge in [0.25, 0.3) is 0 Å². The molecular formula is C66H57NO2. The molecule has 3 unspecified atom stereocenters. The molecule has 3 heteroatoms. The average Bonchev–Trinajstić information content (AvgIpc) is 3.86. The van der Waals surface area contributed by atoms with Crippen LogP contribution >= 0.6 is 0 Å². The lowest BCUT2D eigenvalue weighted by molar-refractivity contribution is 0.421. The molecule has 3 atom stereocenters. The Morgan fingerprint density at radius 1 is 0.725 bits per heavy atom. The van der Waals surface area contributed by atoms with Crippen LogP contribution in [-0.4, -0.2) is 10.8 Å². The first kappa shape index (κ1) is 43.8. The molecule has 69 heavy (non-hydrogen) atoms. The molecule has 11 rings (SSSR count). The molecule has 2 aliphatic rings. The fourth-order valence-electron chi connectivity index (χ4n) is 11.9. The van der Waals surface area contributed by atoms with E-state index in [1.165, 1.54) is 65.7 Å².